The van der Waals surface area contributed by atoms with Gasteiger partial charge in [-0.05, 0) is 36.4 Å². The maximum absolute atomic E-state index is 13.1. The van der Waals surface area contributed by atoms with Crippen molar-refractivity contribution in [3.63, 3.8) is 0 Å². The minimum Gasteiger partial charge on any atom is -0.550 e. The zero-order valence-corrected chi connectivity index (χ0v) is 21.3. The summed E-state index contributed by atoms with van der Waals surface area (Å²) in [5, 5.41) is 12.6. The number of halogens is 5. The number of alkyl halides is 5. The summed E-state index contributed by atoms with van der Waals surface area (Å²) >= 11 is 0. The molecule has 0 aliphatic rings. The molecule has 3 aromatic rings. The molecule has 0 radical (unpaired) electrons. The summed E-state index contributed by atoms with van der Waals surface area (Å²) in [7, 11) is -6.64. The van der Waals surface area contributed by atoms with E-state index in [-0.39, 0.29) is 10.9 Å². The standard InChI is InChI=1S/C18H15S.C7H7F5O7S/c1-4-10-16(11-5-1)19(17-12-6-2-7-13-17)18-14-8-3-9-15-18;8-6(9,10)4(7(11,12)20(17,18)19)2(5(15)16)1-3(13)14/h1-15H;2,4H,1H2,(H,13,14)(H,15,16)(H,17,18,19)/q+1;/p-1. The van der Waals surface area contributed by atoms with Crippen molar-refractivity contribution in [1.29, 1.82) is 0 Å². The van der Waals surface area contributed by atoms with Gasteiger partial charge in [-0.2, -0.15) is 30.4 Å². The van der Waals surface area contributed by atoms with Gasteiger partial charge >= 0.3 is 27.5 Å². The van der Waals surface area contributed by atoms with Crippen LogP contribution in [0.2, 0.25) is 0 Å². The monoisotopic (exact) mass is 592 g/mol. The largest absolute Gasteiger partial charge is 0.550 e. The van der Waals surface area contributed by atoms with Crippen LogP contribution in [0.4, 0.5) is 22.0 Å². The number of carbonyl (C=O) groups is 2. The van der Waals surface area contributed by atoms with Gasteiger partial charge in [-0.25, -0.2) is 0 Å². The fraction of sp³-hybridized carbons (Fsp3) is 0.200. The van der Waals surface area contributed by atoms with Gasteiger partial charge in [0.25, 0.3) is 0 Å². The summed E-state index contributed by atoms with van der Waals surface area (Å²) in [5.41, 5.74) is 0. The molecule has 0 heterocycles. The number of carbonyl (C=O) groups excluding carboxylic acids is 1. The first-order chi connectivity index (χ1) is 18.1. The Morgan fingerprint density at radius 1 is 0.769 bits per heavy atom. The number of hydrogen-bond acceptors (Lipinski definition) is 5. The van der Waals surface area contributed by atoms with Crippen molar-refractivity contribution in [2.45, 2.75) is 32.5 Å². The summed E-state index contributed by atoms with van der Waals surface area (Å²) in [5.74, 6) is -12.9. The van der Waals surface area contributed by atoms with Crippen LogP contribution in [-0.2, 0) is 30.6 Å². The molecule has 0 aliphatic carbocycles. The van der Waals surface area contributed by atoms with Crippen LogP contribution < -0.4 is 5.11 Å². The Bertz CT molecular complexity index is 1240. The van der Waals surface area contributed by atoms with E-state index in [1.54, 1.807) is 0 Å². The smallest absolute Gasteiger partial charge is 0.399 e. The van der Waals surface area contributed by atoms with Gasteiger partial charge in [0, 0.05) is 12.4 Å². The Morgan fingerprint density at radius 2 is 1.10 bits per heavy atom. The van der Waals surface area contributed by atoms with Gasteiger partial charge in [0.1, 0.15) is 5.92 Å². The fourth-order valence-electron chi connectivity index (χ4n) is 3.42. The van der Waals surface area contributed by atoms with Crippen LogP contribution in [0.3, 0.4) is 0 Å². The van der Waals surface area contributed by atoms with E-state index in [0.717, 1.165) is 0 Å². The van der Waals surface area contributed by atoms with Crippen LogP contribution in [0.15, 0.2) is 106 Å². The van der Waals surface area contributed by atoms with Crippen LogP contribution in [0.1, 0.15) is 6.42 Å². The Hall–Kier alpha value is -3.49. The average molecular weight is 593 g/mol. The number of aliphatic carboxylic acids is 2. The quantitative estimate of drug-likeness (QED) is 0.216. The zero-order valence-electron chi connectivity index (χ0n) is 19.7. The van der Waals surface area contributed by atoms with Gasteiger partial charge in [-0.3, -0.25) is 9.35 Å². The topological polar surface area (TPSA) is 132 Å². The highest BCUT2D eigenvalue weighted by atomic mass is 32.2. The summed E-state index contributed by atoms with van der Waals surface area (Å²) in [4.78, 5) is 24.7. The lowest BCUT2D eigenvalue weighted by atomic mass is 9.89. The Morgan fingerprint density at radius 3 is 1.33 bits per heavy atom. The molecule has 7 nitrogen and oxygen atoms in total. The predicted molar refractivity (Wildman–Crippen MR) is 128 cm³/mol. The number of benzene rings is 3. The second-order valence-electron chi connectivity index (χ2n) is 7.82. The molecule has 0 saturated carbocycles. The molecule has 0 amide bonds. The zero-order chi connectivity index (χ0) is 29.4. The van der Waals surface area contributed by atoms with E-state index in [9.17, 15) is 45.1 Å². The van der Waals surface area contributed by atoms with E-state index in [4.69, 9.17) is 9.66 Å². The number of hydrogen-bond donors (Lipinski definition) is 2. The first-order valence-electron chi connectivity index (χ1n) is 10.8. The third-order valence-electron chi connectivity index (χ3n) is 5.10. The molecule has 3 aromatic carbocycles. The molecule has 39 heavy (non-hydrogen) atoms. The molecule has 0 spiro atoms. The van der Waals surface area contributed by atoms with Crippen LogP contribution in [0.5, 0.6) is 0 Å². The third-order valence-corrected chi connectivity index (χ3v) is 8.27. The first kappa shape index (κ1) is 31.7. The highest BCUT2D eigenvalue weighted by molar-refractivity contribution is 7.97. The molecular weight excluding hydrogens is 571 g/mol. The van der Waals surface area contributed by atoms with E-state index < -0.39 is 51.7 Å². The predicted octanol–water partition coefficient (Wildman–Crippen LogP) is 4.27. The second-order valence-corrected chi connectivity index (χ2v) is 11.3. The van der Waals surface area contributed by atoms with E-state index in [1.807, 2.05) is 0 Å². The van der Waals surface area contributed by atoms with Gasteiger partial charge in [0.05, 0.1) is 16.8 Å². The molecule has 14 heteroatoms. The lowest BCUT2D eigenvalue weighted by Gasteiger charge is -2.30. The van der Waals surface area contributed by atoms with Crippen LogP contribution >= 0.6 is 0 Å². The van der Waals surface area contributed by atoms with E-state index in [1.165, 1.54) is 14.7 Å². The molecule has 0 bridgehead atoms. The molecule has 0 aromatic heterocycles. The molecule has 2 N–H and O–H groups in total. The normalized spacial score (nSPS) is 13.6. The highest BCUT2D eigenvalue weighted by Crippen LogP contribution is 2.46. The van der Waals surface area contributed by atoms with Crippen molar-refractivity contribution in [2.75, 3.05) is 0 Å². The molecular formula is C25H21F5O7S2. The van der Waals surface area contributed by atoms with Gasteiger partial charge in [0.15, 0.2) is 14.7 Å². The van der Waals surface area contributed by atoms with E-state index >= 15 is 0 Å². The lowest BCUT2D eigenvalue weighted by Crippen LogP contribution is -2.52. The van der Waals surface area contributed by atoms with Crippen molar-refractivity contribution in [3.05, 3.63) is 91.0 Å². The molecule has 2 atom stereocenters. The molecule has 210 valence electrons. The number of rotatable bonds is 9. The van der Waals surface area contributed by atoms with Gasteiger partial charge in [0.2, 0.25) is 0 Å². The fourth-order valence-corrected chi connectivity index (χ4v) is 6.14. The third kappa shape index (κ3) is 8.50. The number of carboxylic acid groups (broad SMARTS) is 2. The minimum atomic E-state index is -6.63. The summed E-state index contributed by atoms with van der Waals surface area (Å²) in [6.45, 7) is 0. The van der Waals surface area contributed by atoms with Crippen LogP contribution in [0, 0.1) is 11.8 Å². The minimum absolute atomic E-state index is 0.0146. The van der Waals surface area contributed by atoms with E-state index in [2.05, 4.69) is 91.0 Å². The van der Waals surface area contributed by atoms with Crippen LogP contribution in [0.25, 0.3) is 0 Å². The Balaban J connectivity index is 0.000000273. The maximum atomic E-state index is 13.1. The van der Waals surface area contributed by atoms with E-state index in [0.29, 0.717) is 0 Å². The maximum Gasteiger partial charge on any atom is 0.399 e. The summed E-state index contributed by atoms with van der Waals surface area (Å²) in [6, 6.07) is 32.2. The van der Waals surface area contributed by atoms with Crippen molar-refractivity contribution < 1.29 is 54.7 Å². The summed E-state index contributed by atoms with van der Waals surface area (Å²) in [6.07, 6.45) is -8.14. The molecule has 0 aliphatic heterocycles. The molecule has 2 unspecified atom stereocenters. The average Bonchev–Trinajstić information content (AvgIpc) is 2.84. The van der Waals surface area contributed by atoms with Crippen molar-refractivity contribution in [2.24, 2.45) is 11.8 Å². The number of carboxylic acids is 2. The van der Waals surface area contributed by atoms with Crippen molar-refractivity contribution in [1.82, 2.24) is 0 Å². The molecule has 0 saturated heterocycles. The first-order valence-corrected chi connectivity index (χ1v) is 13.5. The summed E-state index contributed by atoms with van der Waals surface area (Å²) < 4.78 is 92.4. The SMILES string of the molecule is O=C([O-])CC(C(=O)O)C(C(F)(F)F)C(F)(F)S(=O)(=O)O.c1ccc([S+](c2ccccc2)c2ccccc2)cc1. The molecule has 0 fully saturated rings. The second kappa shape index (κ2) is 13.0. The van der Waals surface area contributed by atoms with Crippen molar-refractivity contribution in [3.8, 4) is 0 Å². The Labute approximate surface area is 223 Å². The Kier molecular flexibility index (Phi) is 10.6. The van der Waals surface area contributed by atoms with Gasteiger partial charge in [-0.15, -0.1) is 0 Å². The van der Waals surface area contributed by atoms with Crippen LogP contribution in [-0.4, -0.2) is 41.4 Å². The molecule has 3 rings (SSSR count). The van der Waals surface area contributed by atoms with Crippen molar-refractivity contribution >= 4 is 33.0 Å². The lowest BCUT2D eigenvalue weighted by molar-refractivity contribution is -0.309. The highest BCUT2D eigenvalue weighted by Gasteiger charge is 2.67. The van der Waals surface area contributed by atoms with Gasteiger partial charge < -0.3 is 15.0 Å². The van der Waals surface area contributed by atoms with Gasteiger partial charge in [-0.1, -0.05) is 54.6 Å².